The number of aromatic nitrogens is 2. The molecule has 1 aromatic heterocycles. The molecule has 0 radical (unpaired) electrons. The predicted octanol–water partition coefficient (Wildman–Crippen LogP) is 1.90. The van der Waals surface area contributed by atoms with Crippen molar-refractivity contribution in [2.45, 2.75) is 17.7 Å². The Morgan fingerprint density at radius 3 is 2.43 bits per heavy atom. The molecule has 0 aliphatic carbocycles. The number of benzene rings is 2. The first-order chi connectivity index (χ1) is 14.5. The number of imidazole rings is 1. The molecule has 0 bridgehead atoms. The van der Waals surface area contributed by atoms with Crippen molar-refractivity contribution in [1.29, 1.82) is 5.26 Å². The molecule has 0 unspecified atom stereocenters. The number of carbonyl (C=O) groups excluding carboxylic acids is 1. The fourth-order valence-electron chi connectivity index (χ4n) is 3.54. The lowest BCUT2D eigenvalue weighted by molar-refractivity contribution is -0.132. The molecule has 4 rings (SSSR count). The lowest BCUT2D eigenvalue weighted by Gasteiger charge is -2.34. The van der Waals surface area contributed by atoms with Crippen molar-refractivity contribution < 1.29 is 13.2 Å². The Morgan fingerprint density at radius 2 is 1.77 bits per heavy atom. The highest BCUT2D eigenvalue weighted by Crippen LogP contribution is 2.19. The molecule has 0 saturated carbocycles. The van der Waals surface area contributed by atoms with Crippen LogP contribution in [0.15, 0.2) is 53.4 Å². The van der Waals surface area contributed by atoms with Crippen LogP contribution in [-0.2, 0) is 21.2 Å². The van der Waals surface area contributed by atoms with E-state index in [0.717, 1.165) is 16.9 Å². The maximum absolute atomic E-state index is 12.8. The maximum Gasteiger partial charge on any atom is 0.243 e. The largest absolute Gasteiger partial charge is 0.342 e. The van der Waals surface area contributed by atoms with E-state index in [-0.39, 0.29) is 23.9 Å². The second kappa shape index (κ2) is 8.26. The van der Waals surface area contributed by atoms with Crippen molar-refractivity contribution in [2.24, 2.45) is 0 Å². The van der Waals surface area contributed by atoms with E-state index in [2.05, 4.69) is 9.97 Å². The van der Waals surface area contributed by atoms with E-state index in [1.54, 1.807) is 4.90 Å². The SMILES string of the molecule is N#Cc1ccc(S(=O)(=O)N2CCN(C(=O)CCc3nc4ccccc4[nH]3)CC2)cc1. The highest BCUT2D eigenvalue weighted by atomic mass is 32.2. The van der Waals surface area contributed by atoms with Gasteiger partial charge in [0.25, 0.3) is 0 Å². The van der Waals surface area contributed by atoms with Gasteiger partial charge in [0.2, 0.25) is 15.9 Å². The Balaban J connectivity index is 1.33. The molecular weight excluding hydrogens is 402 g/mol. The third kappa shape index (κ3) is 4.06. The Morgan fingerprint density at radius 1 is 1.07 bits per heavy atom. The van der Waals surface area contributed by atoms with E-state index < -0.39 is 10.0 Å². The third-order valence-electron chi connectivity index (χ3n) is 5.23. The van der Waals surface area contributed by atoms with Gasteiger partial charge in [-0.15, -0.1) is 0 Å². The first-order valence-corrected chi connectivity index (χ1v) is 11.1. The lowest BCUT2D eigenvalue weighted by Crippen LogP contribution is -2.50. The highest BCUT2D eigenvalue weighted by Gasteiger charge is 2.30. The second-order valence-electron chi connectivity index (χ2n) is 7.12. The molecule has 0 atom stereocenters. The van der Waals surface area contributed by atoms with Crippen molar-refractivity contribution in [3.05, 3.63) is 59.9 Å². The van der Waals surface area contributed by atoms with Crippen LogP contribution in [0.2, 0.25) is 0 Å². The van der Waals surface area contributed by atoms with Crippen LogP contribution in [-0.4, -0.2) is 59.7 Å². The van der Waals surface area contributed by atoms with Gasteiger partial charge in [-0.05, 0) is 36.4 Å². The summed E-state index contributed by atoms with van der Waals surface area (Å²) in [6.45, 7) is 1.21. The lowest BCUT2D eigenvalue weighted by atomic mass is 10.2. The van der Waals surface area contributed by atoms with Crippen LogP contribution >= 0.6 is 0 Å². The van der Waals surface area contributed by atoms with E-state index >= 15 is 0 Å². The number of nitrogens with zero attached hydrogens (tertiary/aromatic N) is 4. The van der Waals surface area contributed by atoms with Crippen LogP contribution in [0.3, 0.4) is 0 Å². The number of amides is 1. The van der Waals surface area contributed by atoms with Crippen LogP contribution in [0.1, 0.15) is 17.8 Å². The minimum absolute atomic E-state index is 0.00845. The maximum atomic E-state index is 12.8. The molecule has 154 valence electrons. The normalized spacial score (nSPS) is 15.2. The topological polar surface area (TPSA) is 110 Å². The van der Waals surface area contributed by atoms with E-state index in [1.165, 1.54) is 28.6 Å². The Hall–Kier alpha value is -3.22. The molecule has 1 aliphatic rings. The summed E-state index contributed by atoms with van der Waals surface area (Å²) >= 11 is 0. The monoisotopic (exact) mass is 423 g/mol. The zero-order valence-corrected chi connectivity index (χ0v) is 17.1. The standard InChI is InChI=1S/C21H21N5O3S/c22-15-16-5-7-17(8-6-16)30(28,29)26-13-11-25(12-14-26)21(27)10-9-20-23-18-3-1-2-4-19(18)24-20/h1-8H,9-14H2,(H,23,24). The number of aromatic amines is 1. The van der Waals surface area contributed by atoms with E-state index in [4.69, 9.17) is 5.26 Å². The van der Waals surface area contributed by atoms with Gasteiger partial charge < -0.3 is 9.88 Å². The van der Waals surface area contributed by atoms with Crippen LogP contribution in [0.25, 0.3) is 11.0 Å². The summed E-state index contributed by atoms with van der Waals surface area (Å²) in [5.74, 6) is 0.762. The summed E-state index contributed by atoms with van der Waals surface area (Å²) in [7, 11) is -3.64. The molecule has 0 spiro atoms. The van der Waals surface area contributed by atoms with Gasteiger partial charge in [0.1, 0.15) is 5.82 Å². The highest BCUT2D eigenvalue weighted by molar-refractivity contribution is 7.89. The molecule has 1 saturated heterocycles. The summed E-state index contributed by atoms with van der Waals surface area (Å²) in [6, 6.07) is 15.6. The smallest absolute Gasteiger partial charge is 0.243 e. The summed E-state index contributed by atoms with van der Waals surface area (Å²) < 4.78 is 27.0. The number of hydrogen-bond donors (Lipinski definition) is 1. The van der Waals surface area contributed by atoms with Crippen molar-refractivity contribution in [1.82, 2.24) is 19.2 Å². The number of nitrogens with one attached hydrogen (secondary N) is 1. The molecule has 30 heavy (non-hydrogen) atoms. The Kier molecular flexibility index (Phi) is 5.53. The van der Waals surface area contributed by atoms with Crippen molar-refractivity contribution in [3.8, 4) is 6.07 Å². The van der Waals surface area contributed by atoms with Gasteiger partial charge >= 0.3 is 0 Å². The van der Waals surface area contributed by atoms with Gasteiger partial charge in [0.05, 0.1) is 27.6 Å². The average molecular weight is 423 g/mol. The molecule has 1 fully saturated rings. The van der Waals surface area contributed by atoms with Gasteiger partial charge in [-0.1, -0.05) is 12.1 Å². The quantitative estimate of drug-likeness (QED) is 0.674. The van der Waals surface area contributed by atoms with E-state index in [0.29, 0.717) is 31.5 Å². The first kappa shape index (κ1) is 20.1. The number of nitriles is 1. The number of sulfonamides is 1. The van der Waals surface area contributed by atoms with Crippen LogP contribution in [0, 0.1) is 11.3 Å². The Labute approximate surface area is 174 Å². The second-order valence-corrected chi connectivity index (χ2v) is 9.06. The third-order valence-corrected chi connectivity index (χ3v) is 7.14. The van der Waals surface area contributed by atoms with Crippen molar-refractivity contribution in [3.63, 3.8) is 0 Å². The number of carbonyl (C=O) groups is 1. The van der Waals surface area contributed by atoms with Gasteiger partial charge in [-0.25, -0.2) is 13.4 Å². The molecule has 1 N–H and O–H groups in total. The summed E-state index contributed by atoms with van der Waals surface area (Å²) in [5, 5.41) is 8.86. The van der Waals surface area contributed by atoms with Crippen molar-refractivity contribution in [2.75, 3.05) is 26.2 Å². The molecule has 8 nitrogen and oxygen atoms in total. The minimum Gasteiger partial charge on any atom is -0.342 e. The summed E-state index contributed by atoms with van der Waals surface area (Å²) in [6.07, 6.45) is 0.833. The van der Waals surface area contributed by atoms with Gasteiger partial charge in [0, 0.05) is 39.0 Å². The van der Waals surface area contributed by atoms with Gasteiger partial charge in [0.15, 0.2) is 0 Å². The number of rotatable bonds is 5. The number of H-pyrrole nitrogens is 1. The van der Waals surface area contributed by atoms with Gasteiger partial charge in [-0.3, -0.25) is 4.79 Å². The molecule has 2 aromatic carbocycles. The molecule has 3 aromatic rings. The zero-order valence-electron chi connectivity index (χ0n) is 16.3. The van der Waals surface area contributed by atoms with Crippen molar-refractivity contribution >= 4 is 27.0 Å². The summed E-state index contributed by atoms with van der Waals surface area (Å²) in [5.41, 5.74) is 2.23. The molecular formula is C21H21N5O3S. The van der Waals surface area contributed by atoms with E-state index in [1.807, 2.05) is 30.3 Å². The fourth-order valence-corrected chi connectivity index (χ4v) is 4.96. The molecule has 1 aliphatic heterocycles. The predicted molar refractivity (Wildman–Crippen MR) is 111 cm³/mol. The number of aryl methyl sites for hydroxylation is 1. The fraction of sp³-hybridized carbons (Fsp3) is 0.286. The first-order valence-electron chi connectivity index (χ1n) is 9.69. The number of para-hydroxylation sites is 2. The molecule has 9 heteroatoms. The Bertz CT molecular complexity index is 1170. The summed E-state index contributed by atoms with van der Waals surface area (Å²) in [4.78, 5) is 22.1. The van der Waals surface area contributed by atoms with Crippen LogP contribution in [0.4, 0.5) is 0 Å². The minimum atomic E-state index is -3.64. The molecule has 2 heterocycles. The van der Waals surface area contributed by atoms with Crippen LogP contribution in [0.5, 0.6) is 0 Å². The number of fused-ring (bicyclic) bond motifs is 1. The number of piperazine rings is 1. The number of hydrogen-bond acceptors (Lipinski definition) is 5. The van der Waals surface area contributed by atoms with Gasteiger partial charge in [-0.2, -0.15) is 9.57 Å². The van der Waals surface area contributed by atoms with Crippen LogP contribution < -0.4 is 0 Å². The average Bonchev–Trinajstić information content (AvgIpc) is 3.20. The molecule has 1 amide bonds. The zero-order chi connectivity index (χ0) is 21.1. The van der Waals surface area contributed by atoms with E-state index in [9.17, 15) is 13.2 Å².